The fourth-order valence-electron chi connectivity index (χ4n) is 3.01. The van der Waals surface area contributed by atoms with Crippen LogP contribution in [0.4, 0.5) is 5.69 Å². The molecule has 1 aliphatic carbocycles. The van der Waals surface area contributed by atoms with Gasteiger partial charge < -0.3 is 10.1 Å². The van der Waals surface area contributed by atoms with Crippen LogP contribution in [0.2, 0.25) is 0 Å². The van der Waals surface area contributed by atoms with Crippen LogP contribution in [-0.4, -0.2) is 18.1 Å². The summed E-state index contributed by atoms with van der Waals surface area (Å²) in [6.07, 6.45) is 5.13. The average molecular weight is 279 g/mol. The Bertz CT molecular complexity index is 476. The highest BCUT2D eigenvalue weighted by Crippen LogP contribution is 2.24. The molecule has 2 rings (SSSR count). The molecular formula is C15H23N2O3+. The maximum absolute atomic E-state index is 10.9. The highest BCUT2D eigenvalue weighted by Gasteiger charge is 2.24. The molecular weight excluding hydrogens is 256 g/mol. The van der Waals surface area contributed by atoms with Gasteiger partial charge in [-0.25, -0.2) is 0 Å². The Morgan fingerprint density at radius 3 is 2.80 bits per heavy atom. The van der Waals surface area contributed by atoms with E-state index in [0.29, 0.717) is 12.0 Å². The first-order valence-corrected chi connectivity index (χ1v) is 7.26. The topological polar surface area (TPSA) is 69.0 Å². The summed E-state index contributed by atoms with van der Waals surface area (Å²) >= 11 is 0. The largest absolute Gasteiger partial charge is 0.496 e. The van der Waals surface area contributed by atoms with Crippen molar-refractivity contribution in [1.82, 2.24) is 0 Å². The van der Waals surface area contributed by atoms with Crippen molar-refractivity contribution in [2.75, 3.05) is 7.11 Å². The molecule has 0 spiro atoms. The summed E-state index contributed by atoms with van der Waals surface area (Å²) in [4.78, 5) is 10.5. The van der Waals surface area contributed by atoms with E-state index >= 15 is 0 Å². The number of hydrogen-bond acceptors (Lipinski definition) is 3. The zero-order valence-electron chi connectivity index (χ0n) is 12.2. The van der Waals surface area contributed by atoms with E-state index in [2.05, 4.69) is 12.2 Å². The van der Waals surface area contributed by atoms with Gasteiger partial charge in [0.15, 0.2) is 0 Å². The number of quaternary nitrogens is 1. The molecule has 1 aromatic carbocycles. The van der Waals surface area contributed by atoms with Gasteiger partial charge in [0.25, 0.3) is 5.69 Å². The Hall–Kier alpha value is -1.62. The molecule has 0 amide bonds. The standard InChI is InChI=1S/C15H22N2O3/c1-11-5-3-4-6-14(11)16-10-12-9-13(17(18)19)7-8-15(12)20-2/h7-9,11,14,16H,3-6,10H2,1-2H3/p+1/t11-,14-/m0/s1. The average Bonchev–Trinajstić information content (AvgIpc) is 2.46. The van der Waals surface area contributed by atoms with Gasteiger partial charge >= 0.3 is 0 Å². The van der Waals surface area contributed by atoms with E-state index in [9.17, 15) is 10.1 Å². The maximum Gasteiger partial charge on any atom is 0.270 e. The molecule has 5 heteroatoms. The maximum atomic E-state index is 10.9. The number of non-ortho nitro benzene ring substituents is 1. The third-order valence-corrected chi connectivity index (χ3v) is 4.29. The van der Waals surface area contributed by atoms with Crippen molar-refractivity contribution in [3.8, 4) is 5.75 Å². The monoisotopic (exact) mass is 279 g/mol. The van der Waals surface area contributed by atoms with Crippen LogP contribution >= 0.6 is 0 Å². The minimum Gasteiger partial charge on any atom is -0.496 e. The van der Waals surface area contributed by atoms with Gasteiger partial charge in [-0.05, 0) is 25.3 Å². The number of nitro groups is 1. The number of nitrogens with zero attached hydrogens (tertiary/aromatic N) is 1. The predicted octanol–water partition coefficient (Wildman–Crippen LogP) is 2.25. The first-order valence-electron chi connectivity index (χ1n) is 7.26. The zero-order chi connectivity index (χ0) is 14.5. The summed E-state index contributed by atoms with van der Waals surface area (Å²) in [6.45, 7) is 3.03. The predicted molar refractivity (Wildman–Crippen MR) is 76.7 cm³/mol. The highest BCUT2D eigenvalue weighted by molar-refractivity contribution is 5.43. The van der Waals surface area contributed by atoms with E-state index in [0.717, 1.165) is 17.9 Å². The van der Waals surface area contributed by atoms with Crippen LogP contribution in [0.5, 0.6) is 5.75 Å². The zero-order valence-corrected chi connectivity index (χ0v) is 12.2. The lowest BCUT2D eigenvalue weighted by Gasteiger charge is -2.26. The number of nitro benzene ring substituents is 1. The van der Waals surface area contributed by atoms with Crippen molar-refractivity contribution < 1.29 is 15.0 Å². The van der Waals surface area contributed by atoms with Crippen molar-refractivity contribution >= 4 is 5.69 Å². The Labute approximate surface area is 119 Å². The Morgan fingerprint density at radius 2 is 2.15 bits per heavy atom. The second-order valence-electron chi connectivity index (χ2n) is 5.62. The summed E-state index contributed by atoms with van der Waals surface area (Å²) in [5.41, 5.74) is 1.03. The van der Waals surface area contributed by atoms with Crippen molar-refractivity contribution in [3.63, 3.8) is 0 Å². The normalized spacial score (nSPS) is 22.5. The SMILES string of the molecule is COc1ccc([N+](=O)[O-])cc1C[NH2+][C@H]1CCCC[C@@H]1C. The molecule has 0 radical (unpaired) electrons. The van der Waals surface area contributed by atoms with Gasteiger partial charge in [-0.15, -0.1) is 0 Å². The molecule has 2 atom stereocenters. The molecule has 0 aliphatic heterocycles. The summed E-state index contributed by atoms with van der Waals surface area (Å²) in [7, 11) is 1.61. The molecule has 5 nitrogen and oxygen atoms in total. The third kappa shape index (κ3) is 3.48. The number of hydrogen-bond donors (Lipinski definition) is 1. The van der Waals surface area contributed by atoms with Crippen LogP contribution in [0.3, 0.4) is 0 Å². The van der Waals surface area contributed by atoms with Gasteiger partial charge in [0.05, 0.1) is 23.6 Å². The summed E-state index contributed by atoms with van der Waals surface area (Å²) in [5, 5.41) is 13.2. The van der Waals surface area contributed by atoms with Gasteiger partial charge in [0, 0.05) is 18.1 Å². The number of ether oxygens (including phenoxy) is 1. The Morgan fingerprint density at radius 1 is 1.40 bits per heavy atom. The molecule has 20 heavy (non-hydrogen) atoms. The number of rotatable bonds is 5. The third-order valence-electron chi connectivity index (χ3n) is 4.29. The number of benzene rings is 1. The minimum atomic E-state index is -0.355. The second kappa shape index (κ2) is 6.70. The van der Waals surface area contributed by atoms with Crippen molar-refractivity contribution in [2.24, 2.45) is 5.92 Å². The van der Waals surface area contributed by atoms with Crippen LogP contribution < -0.4 is 10.1 Å². The van der Waals surface area contributed by atoms with E-state index in [4.69, 9.17) is 4.74 Å². The molecule has 0 heterocycles. The molecule has 0 unspecified atom stereocenters. The van der Waals surface area contributed by atoms with Gasteiger partial charge in [-0.1, -0.05) is 13.3 Å². The van der Waals surface area contributed by atoms with E-state index in [1.165, 1.54) is 31.7 Å². The smallest absolute Gasteiger partial charge is 0.270 e. The Balaban J connectivity index is 2.07. The molecule has 0 bridgehead atoms. The van der Waals surface area contributed by atoms with Gasteiger partial charge in [0.1, 0.15) is 12.3 Å². The molecule has 1 fully saturated rings. The van der Waals surface area contributed by atoms with Crippen LogP contribution in [0.15, 0.2) is 18.2 Å². The molecule has 1 aromatic rings. The van der Waals surface area contributed by atoms with Crippen LogP contribution in [0.25, 0.3) is 0 Å². The molecule has 1 aliphatic rings. The van der Waals surface area contributed by atoms with Gasteiger partial charge in [-0.2, -0.15) is 0 Å². The minimum absolute atomic E-state index is 0.130. The van der Waals surface area contributed by atoms with Crippen LogP contribution in [0, 0.1) is 16.0 Å². The van der Waals surface area contributed by atoms with Crippen molar-refractivity contribution in [1.29, 1.82) is 0 Å². The lowest BCUT2D eigenvalue weighted by molar-refractivity contribution is -0.712. The Kier molecular flexibility index (Phi) is 4.95. The highest BCUT2D eigenvalue weighted by atomic mass is 16.6. The van der Waals surface area contributed by atoms with Gasteiger partial charge in [-0.3, -0.25) is 10.1 Å². The first kappa shape index (κ1) is 14.8. The van der Waals surface area contributed by atoms with Crippen molar-refractivity contribution in [3.05, 3.63) is 33.9 Å². The second-order valence-corrected chi connectivity index (χ2v) is 5.62. The van der Waals surface area contributed by atoms with E-state index < -0.39 is 0 Å². The molecule has 110 valence electrons. The van der Waals surface area contributed by atoms with Gasteiger partial charge in [0.2, 0.25) is 0 Å². The molecule has 0 aromatic heterocycles. The summed E-state index contributed by atoms with van der Waals surface area (Å²) in [6, 6.07) is 5.42. The first-order chi connectivity index (χ1) is 9.61. The van der Waals surface area contributed by atoms with E-state index in [-0.39, 0.29) is 10.6 Å². The van der Waals surface area contributed by atoms with Crippen LogP contribution in [0.1, 0.15) is 38.2 Å². The summed E-state index contributed by atoms with van der Waals surface area (Å²) < 4.78 is 5.30. The fraction of sp³-hybridized carbons (Fsp3) is 0.600. The van der Waals surface area contributed by atoms with Crippen molar-refractivity contribution in [2.45, 2.75) is 45.2 Å². The fourth-order valence-corrected chi connectivity index (χ4v) is 3.01. The lowest BCUT2D eigenvalue weighted by atomic mass is 9.86. The molecule has 0 saturated heterocycles. The quantitative estimate of drug-likeness (QED) is 0.664. The van der Waals surface area contributed by atoms with E-state index in [1.54, 1.807) is 19.2 Å². The number of nitrogens with two attached hydrogens (primary N) is 1. The number of methoxy groups -OCH3 is 1. The lowest BCUT2D eigenvalue weighted by Crippen LogP contribution is -2.90. The van der Waals surface area contributed by atoms with Crippen LogP contribution in [-0.2, 0) is 6.54 Å². The molecule has 1 saturated carbocycles. The van der Waals surface area contributed by atoms with E-state index in [1.807, 2.05) is 0 Å². The summed E-state index contributed by atoms with van der Waals surface area (Å²) in [5.74, 6) is 1.45. The molecule has 2 N–H and O–H groups in total.